The van der Waals surface area contributed by atoms with Crippen molar-refractivity contribution in [3.05, 3.63) is 24.4 Å². The average molecular weight is 206 g/mol. The Morgan fingerprint density at radius 1 is 1.50 bits per heavy atom. The van der Waals surface area contributed by atoms with Gasteiger partial charge in [-0.05, 0) is 12.2 Å². The molecule has 0 radical (unpaired) electrons. The van der Waals surface area contributed by atoms with Crippen LogP contribution in [0.1, 0.15) is 7.85 Å². The predicted octanol–water partition coefficient (Wildman–Crippen LogP) is -3.23. The van der Waals surface area contributed by atoms with E-state index in [1.54, 1.807) is 18.2 Å². The molecule has 3 N–H and O–H groups in total. The first-order valence-electron chi connectivity index (χ1n) is 3.75. The maximum absolute atomic E-state index is 11.2. The molecule has 0 bridgehead atoms. The Balaban J connectivity index is 0. The van der Waals surface area contributed by atoms with Gasteiger partial charge in [-0.2, -0.15) is 0 Å². The van der Waals surface area contributed by atoms with Crippen LogP contribution in [0.2, 0.25) is 0 Å². The SMILES string of the molecule is NC1C=CC=CN1C(=O)CC(=O)O.[H-].[Na+]. The first kappa shape index (κ1) is 13.4. The van der Waals surface area contributed by atoms with Crippen LogP contribution in [-0.2, 0) is 9.59 Å². The average Bonchev–Trinajstić information content (AvgIpc) is 2.03. The minimum Gasteiger partial charge on any atom is -1.00 e. The number of carboxylic acids is 1. The van der Waals surface area contributed by atoms with Crippen molar-refractivity contribution >= 4 is 11.9 Å². The Morgan fingerprint density at radius 3 is 2.64 bits per heavy atom. The molecule has 0 aromatic carbocycles. The number of nitrogens with zero attached hydrogens (tertiary/aromatic N) is 1. The summed E-state index contributed by atoms with van der Waals surface area (Å²) >= 11 is 0. The Labute approximate surface area is 105 Å². The first-order valence-corrected chi connectivity index (χ1v) is 3.75. The van der Waals surface area contributed by atoms with E-state index in [0.29, 0.717) is 0 Å². The molecule has 0 aromatic heterocycles. The molecule has 0 aromatic rings. The van der Waals surface area contributed by atoms with E-state index in [0.717, 1.165) is 0 Å². The fraction of sp³-hybridized carbons (Fsp3) is 0.250. The molecule has 1 atom stereocenters. The van der Waals surface area contributed by atoms with Crippen LogP contribution in [0.15, 0.2) is 24.4 Å². The van der Waals surface area contributed by atoms with Crippen LogP contribution in [0, 0.1) is 0 Å². The minimum absolute atomic E-state index is 0. The summed E-state index contributed by atoms with van der Waals surface area (Å²) in [5, 5.41) is 8.37. The second-order valence-electron chi connectivity index (χ2n) is 2.59. The van der Waals surface area contributed by atoms with Crippen molar-refractivity contribution in [3.63, 3.8) is 0 Å². The van der Waals surface area contributed by atoms with Crippen LogP contribution in [0.25, 0.3) is 0 Å². The molecule has 72 valence electrons. The second-order valence-corrected chi connectivity index (χ2v) is 2.59. The summed E-state index contributed by atoms with van der Waals surface area (Å²) in [7, 11) is 0. The quantitative estimate of drug-likeness (QED) is 0.367. The number of allylic oxidation sites excluding steroid dienone is 2. The maximum Gasteiger partial charge on any atom is 1.00 e. The van der Waals surface area contributed by atoms with E-state index in [2.05, 4.69) is 0 Å². The summed E-state index contributed by atoms with van der Waals surface area (Å²) in [4.78, 5) is 22.6. The van der Waals surface area contributed by atoms with Gasteiger partial charge in [0.1, 0.15) is 12.6 Å². The molecule has 0 saturated heterocycles. The molecular formula is C8H11N2NaO3. The van der Waals surface area contributed by atoms with Crippen molar-refractivity contribution in [1.82, 2.24) is 4.90 Å². The van der Waals surface area contributed by atoms with Gasteiger partial charge in [0.15, 0.2) is 0 Å². The number of aliphatic carboxylic acids is 1. The van der Waals surface area contributed by atoms with Crippen molar-refractivity contribution in [2.24, 2.45) is 5.73 Å². The van der Waals surface area contributed by atoms with Gasteiger partial charge in [0, 0.05) is 6.20 Å². The van der Waals surface area contributed by atoms with Crippen LogP contribution in [0.3, 0.4) is 0 Å². The van der Waals surface area contributed by atoms with Crippen molar-refractivity contribution < 1.29 is 45.7 Å². The van der Waals surface area contributed by atoms with Crippen molar-refractivity contribution in [2.75, 3.05) is 0 Å². The van der Waals surface area contributed by atoms with E-state index >= 15 is 0 Å². The molecule has 5 nitrogen and oxygen atoms in total. The summed E-state index contributed by atoms with van der Waals surface area (Å²) < 4.78 is 0. The minimum atomic E-state index is -1.15. The van der Waals surface area contributed by atoms with Crippen molar-refractivity contribution in [2.45, 2.75) is 12.6 Å². The Morgan fingerprint density at radius 2 is 2.14 bits per heavy atom. The molecule has 1 heterocycles. The fourth-order valence-corrected chi connectivity index (χ4v) is 0.983. The van der Waals surface area contributed by atoms with Gasteiger partial charge in [0.25, 0.3) is 0 Å². The van der Waals surface area contributed by atoms with Gasteiger partial charge in [-0.15, -0.1) is 0 Å². The van der Waals surface area contributed by atoms with E-state index < -0.39 is 24.5 Å². The molecule has 0 fully saturated rings. The third-order valence-electron chi connectivity index (χ3n) is 1.58. The molecule has 1 amide bonds. The van der Waals surface area contributed by atoms with Crippen LogP contribution >= 0.6 is 0 Å². The van der Waals surface area contributed by atoms with Crippen molar-refractivity contribution in [1.29, 1.82) is 0 Å². The monoisotopic (exact) mass is 206 g/mol. The number of carbonyl (C=O) groups is 2. The van der Waals surface area contributed by atoms with Gasteiger partial charge >= 0.3 is 35.5 Å². The van der Waals surface area contributed by atoms with Gasteiger partial charge in [-0.1, -0.05) is 6.08 Å². The summed E-state index contributed by atoms with van der Waals surface area (Å²) in [5.41, 5.74) is 5.53. The molecule has 1 aliphatic heterocycles. The first-order chi connectivity index (χ1) is 6.11. The molecular weight excluding hydrogens is 195 g/mol. The fourth-order valence-electron chi connectivity index (χ4n) is 0.983. The standard InChI is InChI=1S/C8H10N2O3.Na.H/c9-6-3-1-2-4-10(6)7(11)5-8(12)13;;/h1-4,6H,5,9H2,(H,12,13);;/q;+1;-1. The number of nitrogens with two attached hydrogens (primary N) is 1. The number of hydrogen-bond acceptors (Lipinski definition) is 3. The number of hydrogen-bond donors (Lipinski definition) is 2. The van der Waals surface area contributed by atoms with Crippen LogP contribution in [-0.4, -0.2) is 28.0 Å². The number of carbonyl (C=O) groups excluding carboxylic acids is 1. The molecule has 0 aliphatic carbocycles. The zero-order valence-electron chi connectivity index (χ0n) is 8.88. The van der Waals surface area contributed by atoms with E-state index in [9.17, 15) is 9.59 Å². The smallest absolute Gasteiger partial charge is 1.00 e. The van der Waals surface area contributed by atoms with Crippen molar-refractivity contribution in [3.8, 4) is 0 Å². The van der Waals surface area contributed by atoms with E-state index in [1.165, 1.54) is 11.1 Å². The third-order valence-corrected chi connectivity index (χ3v) is 1.58. The van der Waals surface area contributed by atoms with E-state index in [1.807, 2.05) is 0 Å². The van der Waals surface area contributed by atoms with Gasteiger partial charge < -0.3 is 12.3 Å². The molecule has 1 aliphatic rings. The number of amides is 1. The summed E-state index contributed by atoms with van der Waals surface area (Å²) in [6.45, 7) is 0. The normalized spacial score (nSPS) is 18.9. The van der Waals surface area contributed by atoms with Gasteiger partial charge in [0.05, 0.1) is 0 Å². The molecule has 14 heavy (non-hydrogen) atoms. The predicted molar refractivity (Wildman–Crippen MR) is 46.5 cm³/mol. The zero-order valence-corrected chi connectivity index (χ0v) is 9.88. The Kier molecular flexibility index (Phi) is 5.71. The summed E-state index contributed by atoms with van der Waals surface area (Å²) in [5.74, 6) is -1.67. The van der Waals surface area contributed by atoms with Crippen LogP contribution in [0.5, 0.6) is 0 Å². The van der Waals surface area contributed by atoms with E-state index in [-0.39, 0.29) is 31.0 Å². The summed E-state index contributed by atoms with van der Waals surface area (Å²) in [6, 6.07) is 0. The van der Waals surface area contributed by atoms with Crippen LogP contribution in [0.4, 0.5) is 0 Å². The third kappa shape index (κ3) is 3.63. The maximum atomic E-state index is 11.2. The van der Waals surface area contributed by atoms with Crippen LogP contribution < -0.4 is 35.3 Å². The molecule has 0 spiro atoms. The second kappa shape index (κ2) is 5.98. The molecule has 1 unspecified atom stereocenters. The van der Waals surface area contributed by atoms with Gasteiger partial charge in [-0.3, -0.25) is 14.5 Å². The molecule has 0 saturated carbocycles. The van der Waals surface area contributed by atoms with E-state index in [4.69, 9.17) is 10.8 Å². The Bertz CT molecular complexity index is 294. The van der Waals surface area contributed by atoms with Gasteiger partial charge in [-0.25, -0.2) is 0 Å². The van der Waals surface area contributed by atoms with Gasteiger partial charge in [0.2, 0.25) is 5.91 Å². The Hall–Kier alpha value is -0.620. The largest absolute Gasteiger partial charge is 1.00 e. The number of rotatable bonds is 2. The topological polar surface area (TPSA) is 83.6 Å². The molecule has 1 rings (SSSR count). The number of carboxylic acid groups (broad SMARTS) is 1. The zero-order chi connectivity index (χ0) is 9.84. The molecule has 6 heteroatoms. The summed E-state index contributed by atoms with van der Waals surface area (Å²) in [6.07, 6.45) is 5.32.